The lowest BCUT2D eigenvalue weighted by molar-refractivity contribution is -0.115. The average molecular weight is 393 g/mol. The van der Waals surface area contributed by atoms with Crippen LogP contribution < -0.4 is 10.6 Å². The number of nitrogens with zero attached hydrogens (tertiary/aromatic N) is 3. The highest BCUT2D eigenvalue weighted by Crippen LogP contribution is 2.32. The summed E-state index contributed by atoms with van der Waals surface area (Å²) in [5.74, 6) is 0.598. The van der Waals surface area contributed by atoms with Crippen LogP contribution in [0.25, 0.3) is 22.3 Å². The zero-order valence-electron chi connectivity index (χ0n) is 15.0. The maximum absolute atomic E-state index is 11.6. The van der Waals surface area contributed by atoms with Crippen LogP contribution in [0.2, 0.25) is 5.02 Å². The molecule has 28 heavy (non-hydrogen) atoms. The summed E-state index contributed by atoms with van der Waals surface area (Å²) in [4.78, 5) is 20.2. The van der Waals surface area contributed by atoms with Gasteiger partial charge in [-0.05, 0) is 30.3 Å². The number of carbonyl (C=O) groups is 1. The van der Waals surface area contributed by atoms with Crippen LogP contribution in [0, 0.1) is 0 Å². The molecule has 0 atom stereocenters. The lowest BCUT2D eigenvalue weighted by Crippen LogP contribution is -2.09. The zero-order chi connectivity index (χ0) is 19.5. The Morgan fingerprint density at radius 3 is 2.68 bits per heavy atom. The van der Waals surface area contributed by atoms with E-state index in [1.165, 1.54) is 6.33 Å². The van der Waals surface area contributed by atoms with Gasteiger partial charge in [0.1, 0.15) is 12.1 Å². The predicted octanol–water partition coefficient (Wildman–Crippen LogP) is 4.77. The number of H-pyrrole nitrogens is 1. The third-order valence-electron chi connectivity index (χ3n) is 4.22. The second kappa shape index (κ2) is 7.66. The smallest absolute Gasteiger partial charge is 0.224 e. The summed E-state index contributed by atoms with van der Waals surface area (Å²) in [6.45, 7) is 1.81. The summed E-state index contributed by atoms with van der Waals surface area (Å²) in [6, 6.07) is 14.9. The van der Waals surface area contributed by atoms with Gasteiger partial charge in [-0.1, -0.05) is 36.7 Å². The molecule has 0 bridgehead atoms. The number of benzene rings is 2. The van der Waals surface area contributed by atoms with Crippen molar-refractivity contribution in [3.05, 3.63) is 59.9 Å². The number of carbonyl (C=O) groups excluding carboxylic acids is 1. The van der Waals surface area contributed by atoms with Gasteiger partial charge in [0.05, 0.1) is 11.1 Å². The van der Waals surface area contributed by atoms with E-state index in [4.69, 9.17) is 11.6 Å². The Bertz CT molecular complexity index is 1140. The molecule has 0 saturated heterocycles. The number of nitrogens with one attached hydrogen (secondary N) is 3. The third-order valence-corrected chi connectivity index (χ3v) is 4.45. The molecule has 0 unspecified atom stereocenters. The Hall–Kier alpha value is -3.45. The van der Waals surface area contributed by atoms with Crippen LogP contribution in [-0.4, -0.2) is 26.1 Å². The first-order valence-electron chi connectivity index (χ1n) is 8.76. The summed E-state index contributed by atoms with van der Waals surface area (Å²) in [7, 11) is 0. The van der Waals surface area contributed by atoms with Crippen molar-refractivity contribution in [2.45, 2.75) is 13.3 Å². The van der Waals surface area contributed by atoms with Gasteiger partial charge in [-0.2, -0.15) is 5.10 Å². The van der Waals surface area contributed by atoms with E-state index in [1.54, 1.807) is 0 Å². The molecule has 1 amide bonds. The quantitative estimate of drug-likeness (QED) is 0.455. The van der Waals surface area contributed by atoms with Gasteiger partial charge in [-0.3, -0.25) is 9.89 Å². The first-order chi connectivity index (χ1) is 13.6. The number of hydrogen-bond donors (Lipinski definition) is 3. The van der Waals surface area contributed by atoms with Crippen LogP contribution in [0.3, 0.4) is 0 Å². The lowest BCUT2D eigenvalue weighted by Gasteiger charge is -2.08. The number of rotatable bonds is 5. The molecule has 3 N–H and O–H groups in total. The molecule has 0 radical (unpaired) electrons. The number of anilines is 3. The minimum absolute atomic E-state index is 0.0267. The van der Waals surface area contributed by atoms with E-state index in [0.717, 1.165) is 28.0 Å². The van der Waals surface area contributed by atoms with Gasteiger partial charge in [0, 0.05) is 28.4 Å². The first-order valence-corrected chi connectivity index (χ1v) is 9.14. The number of amides is 1. The SMILES string of the molecule is CCC(=O)Nc1ccc(-c2[nH]nc3ncnc(Nc4cccc(Cl)c4)c23)cc1. The number of halogens is 1. The summed E-state index contributed by atoms with van der Waals surface area (Å²) >= 11 is 6.08. The fourth-order valence-electron chi connectivity index (χ4n) is 2.83. The van der Waals surface area contributed by atoms with E-state index >= 15 is 0 Å². The van der Waals surface area contributed by atoms with E-state index in [0.29, 0.717) is 22.9 Å². The van der Waals surface area contributed by atoms with E-state index in [-0.39, 0.29) is 5.91 Å². The van der Waals surface area contributed by atoms with Crippen LogP contribution in [0.4, 0.5) is 17.2 Å². The van der Waals surface area contributed by atoms with Crippen molar-refractivity contribution in [3.63, 3.8) is 0 Å². The maximum atomic E-state index is 11.6. The summed E-state index contributed by atoms with van der Waals surface area (Å²) in [5, 5.41) is 14.8. The number of hydrogen-bond acceptors (Lipinski definition) is 5. The molecule has 2 aromatic carbocycles. The zero-order valence-corrected chi connectivity index (χ0v) is 15.8. The molecule has 2 aromatic heterocycles. The molecule has 0 spiro atoms. The van der Waals surface area contributed by atoms with Gasteiger partial charge in [-0.25, -0.2) is 9.97 Å². The largest absolute Gasteiger partial charge is 0.339 e. The molecule has 7 nitrogen and oxygen atoms in total. The molecule has 140 valence electrons. The molecule has 4 aromatic rings. The van der Waals surface area contributed by atoms with E-state index in [2.05, 4.69) is 30.8 Å². The minimum Gasteiger partial charge on any atom is -0.339 e. The van der Waals surface area contributed by atoms with Crippen molar-refractivity contribution >= 4 is 45.7 Å². The van der Waals surface area contributed by atoms with Crippen LogP contribution in [-0.2, 0) is 4.79 Å². The minimum atomic E-state index is -0.0267. The van der Waals surface area contributed by atoms with Crippen molar-refractivity contribution in [3.8, 4) is 11.3 Å². The topological polar surface area (TPSA) is 95.6 Å². The predicted molar refractivity (Wildman–Crippen MR) is 111 cm³/mol. The van der Waals surface area contributed by atoms with Gasteiger partial charge in [0.25, 0.3) is 0 Å². The van der Waals surface area contributed by atoms with Crippen LogP contribution in [0.15, 0.2) is 54.9 Å². The van der Waals surface area contributed by atoms with Gasteiger partial charge < -0.3 is 10.6 Å². The summed E-state index contributed by atoms with van der Waals surface area (Å²) in [5.41, 5.74) is 3.80. The molecule has 0 fully saturated rings. The number of aromatic amines is 1. The molecular weight excluding hydrogens is 376 g/mol. The first kappa shape index (κ1) is 17.9. The Morgan fingerprint density at radius 1 is 1.11 bits per heavy atom. The highest BCUT2D eigenvalue weighted by Gasteiger charge is 2.15. The fourth-order valence-corrected chi connectivity index (χ4v) is 3.02. The standard InChI is InChI=1S/C20H17ClN6O/c1-2-16(28)24-14-8-6-12(7-9-14)18-17-19(22-11-23-20(17)27-26-18)25-15-5-3-4-13(21)10-15/h3-11H,2H2,1H3,(H,24,28)(H2,22,23,25,26,27). The Morgan fingerprint density at radius 2 is 1.93 bits per heavy atom. The molecule has 2 heterocycles. The Kier molecular flexibility index (Phi) is 4.90. The normalized spacial score (nSPS) is 10.8. The highest BCUT2D eigenvalue weighted by molar-refractivity contribution is 6.30. The van der Waals surface area contributed by atoms with Gasteiger partial charge in [0.2, 0.25) is 5.91 Å². The summed E-state index contributed by atoms with van der Waals surface area (Å²) in [6.07, 6.45) is 1.89. The fraction of sp³-hybridized carbons (Fsp3) is 0.100. The molecule has 0 aliphatic heterocycles. The van der Waals surface area contributed by atoms with Crippen LogP contribution in [0.5, 0.6) is 0 Å². The van der Waals surface area contributed by atoms with E-state index in [1.807, 2.05) is 55.5 Å². The highest BCUT2D eigenvalue weighted by atomic mass is 35.5. The maximum Gasteiger partial charge on any atom is 0.224 e. The summed E-state index contributed by atoms with van der Waals surface area (Å²) < 4.78 is 0. The van der Waals surface area contributed by atoms with Crippen molar-refractivity contribution < 1.29 is 4.79 Å². The van der Waals surface area contributed by atoms with Crippen molar-refractivity contribution in [2.75, 3.05) is 10.6 Å². The van der Waals surface area contributed by atoms with Crippen molar-refractivity contribution in [2.24, 2.45) is 0 Å². The van der Waals surface area contributed by atoms with Gasteiger partial charge in [0.15, 0.2) is 5.65 Å². The number of aromatic nitrogens is 4. The molecule has 0 saturated carbocycles. The van der Waals surface area contributed by atoms with E-state index < -0.39 is 0 Å². The van der Waals surface area contributed by atoms with E-state index in [9.17, 15) is 4.79 Å². The van der Waals surface area contributed by atoms with Gasteiger partial charge in [-0.15, -0.1) is 0 Å². The average Bonchev–Trinajstić information content (AvgIpc) is 3.14. The lowest BCUT2D eigenvalue weighted by atomic mass is 10.1. The number of fused-ring (bicyclic) bond motifs is 1. The van der Waals surface area contributed by atoms with Crippen molar-refractivity contribution in [1.82, 2.24) is 20.2 Å². The second-order valence-electron chi connectivity index (χ2n) is 6.13. The Balaban J connectivity index is 1.71. The molecular formula is C20H17ClN6O. The molecule has 8 heteroatoms. The van der Waals surface area contributed by atoms with Gasteiger partial charge >= 0.3 is 0 Å². The molecule has 0 aliphatic rings. The van der Waals surface area contributed by atoms with Crippen molar-refractivity contribution in [1.29, 1.82) is 0 Å². The molecule has 0 aliphatic carbocycles. The van der Waals surface area contributed by atoms with Crippen LogP contribution >= 0.6 is 11.6 Å². The molecule has 4 rings (SSSR count). The Labute approximate surface area is 166 Å². The second-order valence-corrected chi connectivity index (χ2v) is 6.57. The monoisotopic (exact) mass is 392 g/mol. The third kappa shape index (κ3) is 3.65. The van der Waals surface area contributed by atoms with Crippen LogP contribution in [0.1, 0.15) is 13.3 Å².